The Balaban J connectivity index is 2.37. The number of ketones is 1. The molecular weight excluding hydrogens is 268 g/mol. The Hall–Kier alpha value is -1.60. The molecule has 0 amide bonds. The molecule has 104 valence electrons. The van der Waals surface area contributed by atoms with Crippen molar-refractivity contribution < 1.29 is 4.79 Å². The van der Waals surface area contributed by atoms with Gasteiger partial charge >= 0.3 is 0 Å². The Labute approximate surface area is 125 Å². The smallest absolute Gasteiger partial charge is 0.193 e. The first-order valence-corrected chi connectivity index (χ1v) is 7.08. The number of hydrogen-bond donors (Lipinski definition) is 0. The summed E-state index contributed by atoms with van der Waals surface area (Å²) in [5.74, 6) is 0.0189. The van der Waals surface area contributed by atoms with E-state index in [4.69, 9.17) is 11.6 Å². The molecule has 0 saturated carbocycles. The second-order valence-corrected chi connectivity index (χ2v) is 6.55. The highest BCUT2D eigenvalue weighted by molar-refractivity contribution is 6.31. The first kappa shape index (κ1) is 14.8. The van der Waals surface area contributed by atoms with Gasteiger partial charge in [-0.15, -0.1) is 0 Å². The summed E-state index contributed by atoms with van der Waals surface area (Å²) >= 11 is 5.98. The molecule has 2 rings (SSSR count). The zero-order valence-corrected chi connectivity index (χ0v) is 13.1. The third-order valence-corrected chi connectivity index (χ3v) is 3.69. The number of halogens is 1. The third-order valence-electron chi connectivity index (χ3n) is 3.46. The minimum absolute atomic E-state index is 0.0189. The Morgan fingerprint density at radius 3 is 2.15 bits per heavy atom. The van der Waals surface area contributed by atoms with Gasteiger partial charge in [-0.25, -0.2) is 0 Å². The van der Waals surface area contributed by atoms with Crippen LogP contribution in [0, 0.1) is 6.92 Å². The maximum atomic E-state index is 12.5. The highest BCUT2D eigenvalue weighted by atomic mass is 35.5. The monoisotopic (exact) mass is 286 g/mol. The lowest BCUT2D eigenvalue weighted by Gasteiger charge is -2.19. The van der Waals surface area contributed by atoms with Crippen LogP contribution in [-0.2, 0) is 5.41 Å². The SMILES string of the molecule is Cc1ccc(Cl)cc1C(=O)c1ccc(C(C)(C)C)cc1. The summed E-state index contributed by atoms with van der Waals surface area (Å²) in [6, 6.07) is 13.2. The van der Waals surface area contributed by atoms with Crippen LogP contribution in [0.1, 0.15) is 47.8 Å². The van der Waals surface area contributed by atoms with Crippen LogP contribution >= 0.6 is 11.6 Å². The molecule has 0 radical (unpaired) electrons. The molecule has 0 aliphatic rings. The van der Waals surface area contributed by atoms with Gasteiger partial charge in [0.2, 0.25) is 0 Å². The first-order valence-electron chi connectivity index (χ1n) is 6.70. The minimum Gasteiger partial charge on any atom is -0.289 e. The van der Waals surface area contributed by atoms with Gasteiger partial charge in [0.15, 0.2) is 5.78 Å². The molecule has 0 N–H and O–H groups in total. The molecule has 2 aromatic carbocycles. The van der Waals surface area contributed by atoms with Crippen molar-refractivity contribution in [3.8, 4) is 0 Å². The number of hydrogen-bond acceptors (Lipinski definition) is 1. The van der Waals surface area contributed by atoms with Crippen LogP contribution in [0.2, 0.25) is 5.02 Å². The fraction of sp³-hybridized carbons (Fsp3) is 0.278. The normalized spacial score (nSPS) is 11.4. The van der Waals surface area contributed by atoms with Gasteiger partial charge in [-0.3, -0.25) is 4.79 Å². The van der Waals surface area contributed by atoms with E-state index >= 15 is 0 Å². The largest absolute Gasteiger partial charge is 0.289 e. The molecule has 0 atom stereocenters. The standard InChI is InChI=1S/C18H19ClO/c1-12-5-10-15(19)11-16(12)17(20)13-6-8-14(9-7-13)18(2,3)4/h5-11H,1-4H3. The van der Waals surface area contributed by atoms with E-state index in [2.05, 4.69) is 20.8 Å². The van der Waals surface area contributed by atoms with Gasteiger partial charge in [0.1, 0.15) is 0 Å². The molecule has 2 aromatic rings. The van der Waals surface area contributed by atoms with Crippen molar-refractivity contribution in [3.63, 3.8) is 0 Å². The summed E-state index contributed by atoms with van der Waals surface area (Å²) in [6.45, 7) is 8.40. The molecule has 0 fully saturated rings. The molecule has 20 heavy (non-hydrogen) atoms. The van der Waals surface area contributed by atoms with Gasteiger partial charge in [-0.1, -0.05) is 62.7 Å². The summed E-state index contributed by atoms with van der Waals surface area (Å²) in [6.07, 6.45) is 0. The fourth-order valence-electron chi connectivity index (χ4n) is 2.12. The number of carbonyl (C=O) groups excluding carboxylic acids is 1. The van der Waals surface area contributed by atoms with Crippen molar-refractivity contribution in [2.24, 2.45) is 0 Å². The van der Waals surface area contributed by atoms with Gasteiger partial charge in [0, 0.05) is 16.1 Å². The summed E-state index contributed by atoms with van der Waals surface area (Å²) in [7, 11) is 0. The predicted molar refractivity (Wildman–Crippen MR) is 84.8 cm³/mol. The van der Waals surface area contributed by atoms with E-state index in [-0.39, 0.29) is 11.2 Å². The number of aryl methyl sites for hydroxylation is 1. The van der Waals surface area contributed by atoms with E-state index in [1.54, 1.807) is 12.1 Å². The zero-order chi connectivity index (χ0) is 14.9. The molecule has 0 saturated heterocycles. The average Bonchev–Trinajstić information content (AvgIpc) is 2.40. The number of carbonyl (C=O) groups is 1. The van der Waals surface area contributed by atoms with Gasteiger partial charge < -0.3 is 0 Å². The summed E-state index contributed by atoms with van der Waals surface area (Å²) in [4.78, 5) is 12.5. The Morgan fingerprint density at radius 1 is 1.00 bits per heavy atom. The quantitative estimate of drug-likeness (QED) is 0.696. The van der Waals surface area contributed by atoms with E-state index < -0.39 is 0 Å². The molecule has 0 unspecified atom stereocenters. The summed E-state index contributed by atoms with van der Waals surface area (Å²) in [5.41, 5.74) is 3.62. The topological polar surface area (TPSA) is 17.1 Å². The molecule has 0 aliphatic heterocycles. The second-order valence-electron chi connectivity index (χ2n) is 6.12. The molecule has 0 bridgehead atoms. The summed E-state index contributed by atoms with van der Waals surface area (Å²) in [5, 5.41) is 0.588. The van der Waals surface area contributed by atoms with E-state index in [1.165, 1.54) is 5.56 Å². The lowest BCUT2D eigenvalue weighted by Crippen LogP contribution is -2.11. The van der Waals surface area contributed by atoms with Gasteiger partial charge in [-0.05, 0) is 35.6 Å². The van der Waals surface area contributed by atoms with Gasteiger partial charge in [0.25, 0.3) is 0 Å². The predicted octanol–water partition coefficient (Wildman–Crippen LogP) is 5.18. The van der Waals surface area contributed by atoms with Crippen molar-refractivity contribution >= 4 is 17.4 Å². The van der Waals surface area contributed by atoms with E-state index in [9.17, 15) is 4.79 Å². The van der Waals surface area contributed by atoms with Crippen LogP contribution < -0.4 is 0 Å². The van der Waals surface area contributed by atoms with Crippen molar-refractivity contribution in [2.75, 3.05) is 0 Å². The van der Waals surface area contributed by atoms with Crippen molar-refractivity contribution in [2.45, 2.75) is 33.1 Å². The molecular formula is C18H19ClO. The lowest BCUT2D eigenvalue weighted by atomic mass is 9.86. The van der Waals surface area contributed by atoms with Crippen molar-refractivity contribution in [1.29, 1.82) is 0 Å². The Morgan fingerprint density at radius 2 is 1.60 bits per heavy atom. The third kappa shape index (κ3) is 3.10. The number of rotatable bonds is 2. The van der Waals surface area contributed by atoms with E-state index in [0.29, 0.717) is 16.1 Å². The van der Waals surface area contributed by atoms with Gasteiger partial charge in [0.05, 0.1) is 0 Å². The van der Waals surface area contributed by atoms with Crippen molar-refractivity contribution in [3.05, 3.63) is 69.7 Å². The Kier molecular flexibility index (Phi) is 4.01. The van der Waals surface area contributed by atoms with Crippen LogP contribution in [0.4, 0.5) is 0 Å². The Bertz CT molecular complexity index is 633. The van der Waals surface area contributed by atoms with E-state index in [0.717, 1.165) is 5.56 Å². The van der Waals surface area contributed by atoms with E-state index in [1.807, 2.05) is 37.3 Å². The summed E-state index contributed by atoms with van der Waals surface area (Å²) < 4.78 is 0. The minimum atomic E-state index is 0.0189. The van der Waals surface area contributed by atoms with Crippen LogP contribution in [0.5, 0.6) is 0 Å². The molecule has 2 heteroatoms. The van der Waals surface area contributed by atoms with Crippen molar-refractivity contribution in [1.82, 2.24) is 0 Å². The average molecular weight is 287 g/mol. The van der Waals surface area contributed by atoms with Crippen LogP contribution in [0.15, 0.2) is 42.5 Å². The highest BCUT2D eigenvalue weighted by Crippen LogP contribution is 2.24. The maximum absolute atomic E-state index is 12.5. The molecule has 0 heterocycles. The van der Waals surface area contributed by atoms with Gasteiger partial charge in [-0.2, -0.15) is 0 Å². The second kappa shape index (κ2) is 5.41. The molecule has 1 nitrogen and oxygen atoms in total. The molecule has 0 spiro atoms. The maximum Gasteiger partial charge on any atom is 0.193 e. The van der Waals surface area contributed by atoms with Crippen LogP contribution in [0.25, 0.3) is 0 Å². The molecule has 0 aliphatic carbocycles. The van der Waals surface area contributed by atoms with Crippen LogP contribution in [-0.4, -0.2) is 5.78 Å². The fourth-order valence-corrected chi connectivity index (χ4v) is 2.29. The zero-order valence-electron chi connectivity index (χ0n) is 12.3. The number of benzene rings is 2. The first-order chi connectivity index (χ1) is 9.29. The highest BCUT2D eigenvalue weighted by Gasteiger charge is 2.16. The lowest BCUT2D eigenvalue weighted by molar-refractivity contribution is 0.103. The molecule has 0 aromatic heterocycles. The van der Waals surface area contributed by atoms with Crippen LogP contribution in [0.3, 0.4) is 0 Å².